The number of benzene rings is 2. The van der Waals surface area contributed by atoms with E-state index in [0.29, 0.717) is 13.0 Å². The Hall–Kier alpha value is -2.62. The van der Waals surface area contributed by atoms with Gasteiger partial charge in [0.2, 0.25) is 5.91 Å². The maximum absolute atomic E-state index is 12.5. The third-order valence-corrected chi connectivity index (χ3v) is 4.80. The molecule has 0 N–H and O–H groups in total. The molecular formula is C20H21N3O. The zero-order valence-electron chi connectivity index (χ0n) is 13.9. The van der Waals surface area contributed by atoms with Crippen molar-refractivity contribution in [3.8, 4) is 0 Å². The van der Waals surface area contributed by atoms with E-state index in [9.17, 15) is 4.79 Å². The smallest absolute Gasteiger partial charge is 0.223 e. The van der Waals surface area contributed by atoms with Crippen LogP contribution in [0.4, 0.5) is 0 Å². The number of aryl methyl sites for hydroxylation is 1. The van der Waals surface area contributed by atoms with E-state index in [0.717, 1.165) is 29.9 Å². The van der Waals surface area contributed by atoms with Crippen molar-refractivity contribution >= 4 is 16.9 Å². The van der Waals surface area contributed by atoms with Gasteiger partial charge < -0.3 is 9.47 Å². The maximum Gasteiger partial charge on any atom is 0.223 e. The van der Waals surface area contributed by atoms with Crippen LogP contribution in [0.5, 0.6) is 0 Å². The largest absolute Gasteiger partial charge is 0.338 e. The molecule has 0 saturated carbocycles. The number of fused-ring (bicyclic) bond motifs is 1. The number of hydrogen-bond acceptors (Lipinski definition) is 2. The van der Waals surface area contributed by atoms with Crippen LogP contribution >= 0.6 is 0 Å². The number of likely N-dealkylation sites (tertiary alicyclic amines) is 1. The van der Waals surface area contributed by atoms with E-state index >= 15 is 0 Å². The summed E-state index contributed by atoms with van der Waals surface area (Å²) >= 11 is 0. The Morgan fingerprint density at radius 1 is 1.08 bits per heavy atom. The number of para-hydroxylation sites is 2. The molecule has 24 heavy (non-hydrogen) atoms. The van der Waals surface area contributed by atoms with E-state index in [4.69, 9.17) is 4.98 Å². The fourth-order valence-corrected chi connectivity index (χ4v) is 3.64. The van der Waals surface area contributed by atoms with Crippen LogP contribution in [0.2, 0.25) is 0 Å². The Labute approximate surface area is 141 Å². The van der Waals surface area contributed by atoms with Gasteiger partial charge in [0.05, 0.1) is 11.0 Å². The monoisotopic (exact) mass is 319 g/mol. The van der Waals surface area contributed by atoms with E-state index in [2.05, 4.69) is 29.7 Å². The van der Waals surface area contributed by atoms with Gasteiger partial charge in [0, 0.05) is 32.0 Å². The lowest BCUT2D eigenvalue weighted by Crippen LogP contribution is -2.24. The standard InChI is InChI=1S/C20H21N3O/c1-2-23-18-11-7-6-10-17(18)21-20(23)16-12-19(24)22(14-16)13-15-8-4-3-5-9-15/h3-11,16H,2,12-14H2,1H3/t16-/m0/s1. The van der Waals surface area contributed by atoms with Gasteiger partial charge in [-0.05, 0) is 24.6 Å². The van der Waals surface area contributed by atoms with Crippen molar-refractivity contribution in [1.82, 2.24) is 14.5 Å². The van der Waals surface area contributed by atoms with Crippen LogP contribution in [-0.2, 0) is 17.9 Å². The minimum atomic E-state index is 0.175. The Morgan fingerprint density at radius 2 is 1.83 bits per heavy atom. The number of rotatable bonds is 4. The van der Waals surface area contributed by atoms with E-state index in [1.807, 2.05) is 41.3 Å². The Bertz CT molecular complexity index is 869. The van der Waals surface area contributed by atoms with Crippen LogP contribution < -0.4 is 0 Å². The number of hydrogen-bond donors (Lipinski definition) is 0. The van der Waals surface area contributed by atoms with Crippen molar-refractivity contribution < 1.29 is 4.79 Å². The summed E-state index contributed by atoms with van der Waals surface area (Å²) in [6.45, 7) is 4.44. The fourth-order valence-electron chi connectivity index (χ4n) is 3.64. The summed E-state index contributed by atoms with van der Waals surface area (Å²) in [5.74, 6) is 1.44. The number of imidazole rings is 1. The first-order chi connectivity index (χ1) is 11.8. The molecule has 1 atom stereocenters. The molecule has 4 rings (SSSR count). The third-order valence-electron chi connectivity index (χ3n) is 4.80. The molecule has 2 aromatic carbocycles. The molecule has 1 amide bonds. The molecule has 1 aromatic heterocycles. The Morgan fingerprint density at radius 3 is 2.62 bits per heavy atom. The van der Waals surface area contributed by atoms with Crippen LogP contribution in [0.15, 0.2) is 54.6 Å². The molecule has 4 nitrogen and oxygen atoms in total. The topological polar surface area (TPSA) is 38.1 Å². The molecule has 0 unspecified atom stereocenters. The van der Waals surface area contributed by atoms with Gasteiger partial charge in [-0.2, -0.15) is 0 Å². The van der Waals surface area contributed by atoms with Crippen molar-refractivity contribution in [2.75, 3.05) is 6.54 Å². The number of nitrogens with zero attached hydrogens (tertiary/aromatic N) is 3. The van der Waals surface area contributed by atoms with Crippen molar-refractivity contribution in [3.05, 3.63) is 66.0 Å². The number of carbonyl (C=O) groups is 1. The first kappa shape index (κ1) is 14.9. The average molecular weight is 319 g/mol. The summed E-state index contributed by atoms with van der Waals surface area (Å²) in [7, 11) is 0. The van der Waals surface area contributed by atoms with Gasteiger partial charge in [-0.15, -0.1) is 0 Å². The summed E-state index contributed by atoms with van der Waals surface area (Å²) < 4.78 is 2.25. The second-order valence-corrected chi connectivity index (χ2v) is 6.36. The van der Waals surface area contributed by atoms with Crippen LogP contribution in [0, 0.1) is 0 Å². The normalized spacial score (nSPS) is 17.8. The fraction of sp³-hybridized carbons (Fsp3) is 0.300. The van der Waals surface area contributed by atoms with Gasteiger partial charge in [0.25, 0.3) is 0 Å². The highest BCUT2D eigenvalue weighted by Crippen LogP contribution is 2.31. The van der Waals surface area contributed by atoms with E-state index in [1.54, 1.807) is 0 Å². The third kappa shape index (κ3) is 2.58. The highest BCUT2D eigenvalue weighted by Gasteiger charge is 2.33. The molecule has 0 aliphatic carbocycles. The second-order valence-electron chi connectivity index (χ2n) is 6.36. The van der Waals surface area contributed by atoms with Gasteiger partial charge in [-0.3, -0.25) is 4.79 Å². The molecule has 1 saturated heterocycles. The van der Waals surface area contributed by atoms with Gasteiger partial charge in [0.1, 0.15) is 5.82 Å². The molecule has 4 heteroatoms. The first-order valence-electron chi connectivity index (χ1n) is 8.53. The Kier molecular flexibility index (Phi) is 3.81. The molecule has 2 heterocycles. The lowest BCUT2D eigenvalue weighted by Gasteiger charge is -2.17. The number of amides is 1. The zero-order valence-corrected chi connectivity index (χ0v) is 13.9. The number of aromatic nitrogens is 2. The number of carbonyl (C=O) groups excluding carboxylic acids is 1. The van der Waals surface area contributed by atoms with Crippen molar-refractivity contribution in [2.45, 2.75) is 32.4 Å². The summed E-state index contributed by atoms with van der Waals surface area (Å²) in [5, 5.41) is 0. The van der Waals surface area contributed by atoms with Crippen LogP contribution in [0.1, 0.15) is 30.7 Å². The minimum Gasteiger partial charge on any atom is -0.338 e. The second kappa shape index (κ2) is 6.11. The van der Waals surface area contributed by atoms with E-state index in [1.165, 1.54) is 5.56 Å². The highest BCUT2D eigenvalue weighted by atomic mass is 16.2. The van der Waals surface area contributed by atoms with Crippen LogP contribution in [0.3, 0.4) is 0 Å². The van der Waals surface area contributed by atoms with Gasteiger partial charge in [-0.1, -0.05) is 42.5 Å². The van der Waals surface area contributed by atoms with Crippen molar-refractivity contribution in [2.24, 2.45) is 0 Å². The maximum atomic E-state index is 12.5. The molecule has 0 spiro atoms. The first-order valence-corrected chi connectivity index (χ1v) is 8.53. The van der Waals surface area contributed by atoms with Crippen LogP contribution in [-0.4, -0.2) is 26.9 Å². The zero-order chi connectivity index (χ0) is 16.5. The van der Waals surface area contributed by atoms with Crippen LogP contribution in [0.25, 0.3) is 11.0 Å². The molecule has 0 bridgehead atoms. The van der Waals surface area contributed by atoms with Gasteiger partial charge in [0.15, 0.2) is 0 Å². The van der Waals surface area contributed by atoms with E-state index in [-0.39, 0.29) is 11.8 Å². The van der Waals surface area contributed by atoms with Crippen molar-refractivity contribution in [3.63, 3.8) is 0 Å². The van der Waals surface area contributed by atoms with E-state index < -0.39 is 0 Å². The highest BCUT2D eigenvalue weighted by molar-refractivity contribution is 5.81. The van der Waals surface area contributed by atoms with Crippen molar-refractivity contribution in [1.29, 1.82) is 0 Å². The lowest BCUT2D eigenvalue weighted by atomic mass is 10.1. The average Bonchev–Trinajstić information content (AvgIpc) is 3.16. The minimum absolute atomic E-state index is 0.175. The summed E-state index contributed by atoms with van der Waals surface area (Å²) in [6, 6.07) is 18.4. The predicted molar refractivity (Wildman–Crippen MR) is 94.6 cm³/mol. The summed E-state index contributed by atoms with van der Waals surface area (Å²) in [5.41, 5.74) is 3.35. The molecule has 1 fully saturated rings. The molecule has 1 aliphatic heterocycles. The Balaban J connectivity index is 1.61. The molecular weight excluding hydrogens is 298 g/mol. The molecule has 3 aromatic rings. The predicted octanol–water partition coefficient (Wildman–Crippen LogP) is 3.57. The lowest BCUT2D eigenvalue weighted by molar-refractivity contribution is -0.128. The molecule has 0 radical (unpaired) electrons. The van der Waals surface area contributed by atoms with Gasteiger partial charge in [-0.25, -0.2) is 4.98 Å². The summed E-state index contributed by atoms with van der Waals surface area (Å²) in [6.07, 6.45) is 0.552. The van der Waals surface area contributed by atoms with Gasteiger partial charge >= 0.3 is 0 Å². The SMILES string of the molecule is CCn1c([C@H]2CC(=O)N(Cc3ccccc3)C2)nc2ccccc21. The summed E-state index contributed by atoms with van der Waals surface area (Å²) in [4.78, 5) is 19.2. The quantitative estimate of drug-likeness (QED) is 0.737. The molecule has 122 valence electrons. The molecule has 1 aliphatic rings.